The highest BCUT2D eigenvalue weighted by atomic mass is 32.2. The SMILES string of the molecule is CN[C@@H](C)C(=O)N[C@H]1CN(C(=O)c2cnc(N3CCN(CCCOc4cc5ncnc(Nc6n[nH]c(C)c6C)c5cc4S(=O)(=O)C(C)(C)C)CC3)cn2)CC[C@H]2CC[C@@H](C(=O)NC3CCCc4ccccc43)N2C1=O. The topological polar surface area (TPSA) is 253 Å². The number of carbonyl (C=O) groups is 4. The van der Waals surface area contributed by atoms with Crippen LogP contribution in [-0.4, -0.2) is 165 Å². The second-order valence-electron chi connectivity index (χ2n) is 21.1. The summed E-state index contributed by atoms with van der Waals surface area (Å²) < 4.78 is 33.1. The van der Waals surface area contributed by atoms with Crippen molar-refractivity contribution >= 4 is 61.8 Å². The Balaban J connectivity index is 0.803. The Morgan fingerprint density at radius 1 is 0.907 bits per heavy atom. The number of piperazine rings is 1. The van der Waals surface area contributed by atoms with E-state index in [1.54, 1.807) is 62.9 Å². The molecule has 5 aromatic rings. The zero-order valence-corrected chi connectivity index (χ0v) is 44.8. The van der Waals surface area contributed by atoms with Gasteiger partial charge in [-0.05, 0) is 111 Å². The molecule has 1 aliphatic carbocycles. The van der Waals surface area contributed by atoms with Crippen molar-refractivity contribution in [2.45, 2.75) is 126 Å². The molecule has 21 nitrogen and oxygen atoms in total. The maximum atomic E-state index is 14.6. The first-order valence-electron chi connectivity index (χ1n) is 26.1. The molecule has 4 amide bonds. The van der Waals surface area contributed by atoms with E-state index in [4.69, 9.17) is 4.74 Å². The van der Waals surface area contributed by atoms with Gasteiger partial charge in [-0.2, -0.15) is 5.10 Å². The number of carbonyl (C=O) groups excluding carboxylic acids is 4. The first kappa shape index (κ1) is 53.1. The Kier molecular flexibility index (Phi) is 15.7. The minimum atomic E-state index is -3.85. The van der Waals surface area contributed by atoms with Gasteiger partial charge in [0.1, 0.15) is 46.4 Å². The van der Waals surface area contributed by atoms with Gasteiger partial charge in [0.05, 0.1) is 47.9 Å². The van der Waals surface area contributed by atoms with Gasteiger partial charge in [0.25, 0.3) is 5.91 Å². The van der Waals surface area contributed by atoms with Crippen molar-refractivity contribution in [2.24, 2.45) is 0 Å². The Hall–Kier alpha value is -6.78. The molecule has 0 saturated carbocycles. The molecule has 3 saturated heterocycles. The van der Waals surface area contributed by atoms with E-state index in [9.17, 15) is 27.6 Å². The molecule has 0 spiro atoms. The van der Waals surface area contributed by atoms with Gasteiger partial charge >= 0.3 is 0 Å². The number of H-pyrrole nitrogens is 1. The van der Waals surface area contributed by atoms with Gasteiger partial charge in [-0.3, -0.25) is 29.2 Å². The van der Waals surface area contributed by atoms with Gasteiger partial charge in [-0.15, -0.1) is 0 Å². The van der Waals surface area contributed by atoms with E-state index >= 15 is 0 Å². The van der Waals surface area contributed by atoms with Gasteiger partial charge in [0.15, 0.2) is 15.7 Å². The van der Waals surface area contributed by atoms with Crippen LogP contribution in [0.1, 0.15) is 105 Å². The summed E-state index contributed by atoms with van der Waals surface area (Å²) in [6.07, 6.45) is 9.42. The smallest absolute Gasteiger partial charge is 0.274 e. The summed E-state index contributed by atoms with van der Waals surface area (Å²) in [6, 6.07) is 8.60. The minimum absolute atomic E-state index is 0.0694. The highest BCUT2D eigenvalue weighted by Crippen LogP contribution is 2.38. The monoisotopic (exact) mass is 1050 g/mol. The summed E-state index contributed by atoms with van der Waals surface area (Å²) in [5, 5.41) is 20.1. The summed E-state index contributed by atoms with van der Waals surface area (Å²) in [5.41, 5.74) is 4.82. The van der Waals surface area contributed by atoms with Crippen molar-refractivity contribution < 1.29 is 32.3 Å². The predicted molar refractivity (Wildman–Crippen MR) is 284 cm³/mol. The molecule has 0 radical (unpaired) electrons. The van der Waals surface area contributed by atoms with E-state index in [2.05, 4.69) is 73.3 Å². The fourth-order valence-electron chi connectivity index (χ4n) is 10.5. The van der Waals surface area contributed by atoms with Crippen LogP contribution >= 0.6 is 0 Å². The second kappa shape index (κ2) is 22.2. The molecule has 9 rings (SSSR count). The third-order valence-electron chi connectivity index (χ3n) is 15.3. The lowest BCUT2D eigenvalue weighted by Gasteiger charge is -2.39. The number of anilines is 3. The summed E-state index contributed by atoms with van der Waals surface area (Å²) in [7, 11) is -2.19. The van der Waals surface area contributed by atoms with E-state index in [0.29, 0.717) is 73.7 Å². The summed E-state index contributed by atoms with van der Waals surface area (Å²) in [5.74, 6) is 0.515. The summed E-state index contributed by atoms with van der Waals surface area (Å²) in [4.78, 5) is 82.0. The molecule has 2 aromatic carbocycles. The minimum Gasteiger partial charge on any atom is -0.492 e. The molecule has 3 aromatic heterocycles. The number of nitrogens with zero attached hydrogens (tertiary/aromatic N) is 9. The molecule has 4 aliphatic rings. The Morgan fingerprint density at radius 2 is 1.69 bits per heavy atom. The average molecular weight is 1050 g/mol. The molecule has 75 heavy (non-hydrogen) atoms. The van der Waals surface area contributed by atoms with Crippen LogP contribution in [0.2, 0.25) is 0 Å². The van der Waals surface area contributed by atoms with E-state index < -0.39 is 44.5 Å². The van der Waals surface area contributed by atoms with Crippen molar-refractivity contribution in [1.29, 1.82) is 0 Å². The fourth-order valence-corrected chi connectivity index (χ4v) is 11.8. The van der Waals surface area contributed by atoms with E-state index in [-0.39, 0.29) is 53.4 Å². The van der Waals surface area contributed by atoms with Gasteiger partial charge in [0, 0.05) is 68.0 Å². The molecule has 22 heteroatoms. The zero-order valence-electron chi connectivity index (χ0n) is 44.0. The third kappa shape index (κ3) is 11.3. The maximum absolute atomic E-state index is 14.6. The molecule has 1 unspecified atom stereocenters. The largest absolute Gasteiger partial charge is 0.492 e. The number of aromatic amines is 1. The van der Waals surface area contributed by atoms with E-state index in [1.165, 1.54) is 18.1 Å². The zero-order chi connectivity index (χ0) is 53.2. The Morgan fingerprint density at radius 3 is 2.41 bits per heavy atom. The molecule has 5 N–H and O–H groups in total. The quantitative estimate of drug-likeness (QED) is 0.0924. The van der Waals surface area contributed by atoms with Crippen LogP contribution in [0.5, 0.6) is 5.75 Å². The highest BCUT2D eigenvalue weighted by molar-refractivity contribution is 7.92. The number of rotatable bonds is 15. The van der Waals surface area contributed by atoms with Crippen LogP contribution in [0.15, 0.2) is 60.0 Å². The van der Waals surface area contributed by atoms with Crippen LogP contribution in [0, 0.1) is 13.8 Å². The van der Waals surface area contributed by atoms with Crippen LogP contribution in [0.25, 0.3) is 10.9 Å². The normalized spacial score (nSPS) is 20.9. The number of sulfone groups is 1. The number of likely N-dealkylation sites (N-methyl/N-ethyl adjacent to an activating group) is 1. The molecule has 5 atom stereocenters. The lowest BCUT2D eigenvalue weighted by atomic mass is 9.87. The molecule has 3 aliphatic heterocycles. The number of ether oxygens (including phenoxy) is 1. The number of nitrogens with one attached hydrogen (secondary N) is 5. The van der Waals surface area contributed by atoms with Crippen LogP contribution in [0.3, 0.4) is 0 Å². The van der Waals surface area contributed by atoms with Crippen molar-refractivity contribution in [1.82, 2.24) is 60.8 Å². The van der Waals surface area contributed by atoms with Gasteiger partial charge in [-0.25, -0.2) is 28.4 Å². The number of aromatic nitrogens is 6. The second-order valence-corrected chi connectivity index (χ2v) is 23.8. The van der Waals surface area contributed by atoms with E-state index in [0.717, 1.165) is 55.7 Å². The van der Waals surface area contributed by atoms with Crippen molar-refractivity contribution in [3.63, 3.8) is 0 Å². The number of hydrogen-bond acceptors (Lipinski definition) is 16. The number of amides is 4. The van der Waals surface area contributed by atoms with Gasteiger partial charge < -0.3 is 40.7 Å². The standard InChI is InChI=1S/C53H70N14O7S/c1-32-33(2)62-63-47(32)61-48-38-26-45(75(72,73)53(4,5)6)44(27-40(38)57-31-58-48)74-25-11-19-64-21-23-65(24-22-64)46-29-55-41(28-56-46)51(70)66-20-18-36-16-17-43(67(36)52(71)42(30-66)60-49(68)34(3)54-7)50(69)59-39-15-10-13-35-12-8-9-14-37(35)39/h8-9,12,14,26-29,31,34,36,39,42-43,54H,10-11,13,15-25,30H2,1-7H3,(H,59,69)(H,60,68)(H2,57,58,61,62,63)/t34-,36+,39?,42-,43-/m0/s1. The molecule has 400 valence electrons. The number of fused-ring (bicyclic) bond motifs is 3. The van der Waals surface area contributed by atoms with Gasteiger partial charge in [-0.1, -0.05) is 24.3 Å². The number of hydrogen-bond donors (Lipinski definition) is 5. The number of benzene rings is 2. The summed E-state index contributed by atoms with van der Waals surface area (Å²) >= 11 is 0. The van der Waals surface area contributed by atoms with Crippen LogP contribution < -0.4 is 30.9 Å². The molecule has 6 heterocycles. The lowest BCUT2D eigenvalue weighted by Crippen LogP contribution is -2.62. The molecular formula is C53H70N14O7S. The highest BCUT2D eigenvalue weighted by Gasteiger charge is 2.46. The van der Waals surface area contributed by atoms with Crippen molar-refractivity contribution in [2.75, 3.05) is 69.7 Å². The fraction of sp³-hybridized carbons (Fsp3) is 0.528. The lowest BCUT2D eigenvalue weighted by molar-refractivity contribution is -0.145. The summed E-state index contributed by atoms with van der Waals surface area (Å²) in [6.45, 7) is 14.5. The van der Waals surface area contributed by atoms with Crippen molar-refractivity contribution in [3.05, 3.63) is 83.2 Å². The molecular weight excluding hydrogens is 977 g/mol. The van der Waals surface area contributed by atoms with Crippen molar-refractivity contribution in [3.8, 4) is 5.75 Å². The maximum Gasteiger partial charge on any atom is 0.274 e. The third-order valence-corrected chi connectivity index (χ3v) is 17.8. The first-order chi connectivity index (χ1) is 35.9. The van der Waals surface area contributed by atoms with Crippen LogP contribution in [-0.2, 0) is 30.6 Å². The van der Waals surface area contributed by atoms with Crippen LogP contribution in [0.4, 0.5) is 17.5 Å². The van der Waals surface area contributed by atoms with Gasteiger partial charge in [0.2, 0.25) is 17.7 Å². The average Bonchev–Trinajstić information content (AvgIpc) is 3.98. The Bertz CT molecular complexity index is 3030. The predicted octanol–water partition coefficient (Wildman–Crippen LogP) is 4.16. The first-order valence-corrected chi connectivity index (χ1v) is 27.6. The van der Waals surface area contributed by atoms with E-state index in [1.807, 2.05) is 26.0 Å². The molecule has 3 fully saturated rings. The molecule has 0 bridgehead atoms. The Labute approximate surface area is 438 Å². The number of aryl methyl sites for hydroxylation is 2.